The van der Waals surface area contributed by atoms with Gasteiger partial charge in [0.25, 0.3) is 6.57 Å². The molecule has 1 saturated heterocycles. The third-order valence-corrected chi connectivity index (χ3v) is 6.16. The summed E-state index contributed by atoms with van der Waals surface area (Å²) in [5.41, 5.74) is 0. The third kappa shape index (κ3) is 1.99. The zero-order valence-electron chi connectivity index (χ0n) is 5.50. The lowest BCUT2D eigenvalue weighted by Crippen LogP contribution is -1.84. The zero-order chi connectivity index (χ0) is 6.74. The van der Waals surface area contributed by atoms with Gasteiger partial charge in [-0.25, -0.2) is 0 Å². The molecule has 1 fully saturated rings. The minimum absolute atomic E-state index is 0.588. The molecule has 0 radical (unpaired) electrons. The predicted octanol–water partition coefficient (Wildman–Crippen LogP) is 2.35. The van der Waals surface area contributed by atoms with Crippen molar-refractivity contribution in [1.82, 2.24) is 0 Å². The van der Waals surface area contributed by atoms with E-state index in [1.165, 1.54) is 11.4 Å². The second kappa shape index (κ2) is 3.09. The molecular weight excluding hydrogens is 155 g/mol. The molecule has 1 aliphatic rings. The van der Waals surface area contributed by atoms with Crippen molar-refractivity contribution in [3.8, 4) is 0 Å². The van der Waals surface area contributed by atoms with Gasteiger partial charge in [-0.1, -0.05) is 11.4 Å². The van der Waals surface area contributed by atoms with Gasteiger partial charge in [-0.3, -0.25) is 4.57 Å². The molecule has 0 aromatic carbocycles. The second-order valence-corrected chi connectivity index (χ2v) is 6.98. The van der Waals surface area contributed by atoms with Gasteiger partial charge in [-0.2, -0.15) is 0 Å². The Morgan fingerprint density at radius 2 is 2.56 bits per heavy atom. The highest BCUT2D eigenvalue weighted by molar-refractivity contribution is 8.57. The Hall–Kier alpha value is 0.540. The van der Waals surface area contributed by atoms with Crippen LogP contribution in [-0.2, 0) is 9.09 Å². The van der Waals surface area contributed by atoms with Crippen molar-refractivity contribution in [3.05, 3.63) is 0 Å². The van der Waals surface area contributed by atoms with Gasteiger partial charge in [0, 0.05) is 11.9 Å². The van der Waals surface area contributed by atoms with Crippen LogP contribution in [0.4, 0.5) is 0 Å². The zero-order valence-corrected chi connectivity index (χ0v) is 7.21. The largest absolute Gasteiger partial charge is 0.321 e. The topological polar surface area (TPSA) is 26.3 Å². The smallest absolute Gasteiger partial charge is 0.257 e. The summed E-state index contributed by atoms with van der Waals surface area (Å²) < 4.78 is 16.5. The SMILES string of the molecule is CCOP1(=O)CCCS1. The summed E-state index contributed by atoms with van der Waals surface area (Å²) in [6.07, 6.45) is 1.84. The van der Waals surface area contributed by atoms with Crippen LogP contribution in [0.1, 0.15) is 13.3 Å². The van der Waals surface area contributed by atoms with Crippen LogP contribution < -0.4 is 0 Å². The normalized spacial score (nSPS) is 35.2. The van der Waals surface area contributed by atoms with E-state index in [1.807, 2.05) is 6.92 Å². The third-order valence-electron chi connectivity index (χ3n) is 1.19. The van der Waals surface area contributed by atoms with Crippen molar-refractivity contribution >= 4 is 18.0 Å². The van der Waals surface area contributed by atoms with Crippen molar-refractivity contribution < 1.29 is 9.09 Å². The lowest BCUT2D eigenvalue weighted by Gasteiger charge is -2.07. The Morgan fingerprint density at radius 1 is 1.78 bits per heavy atom. The Morgan fingerprint density at radius 3 is 3.00 bits per heavy atom. The summed E-state index contributed by atoms with van der Waals surface area (Å²) in [5.74, 6) is 1.01. The molecule has 0 bridgehead atoms. The second-order valence-electron chi connectivity index (χ2n) is 1.94. The first-order valence-electron chi connectivity index (χ1n) is 3.15. The van der Waals surface area contributed by atoms with Crippen molar-refractivity contribution in [2.75, 3.05) is 18.5 Å². The fraction of sp³-hybridized carbons (Fsp3) is 1.00. The fourth-order valence-corrected chi connectivity index (χ4v) is 5.40. The minimum atomic E-state index is -2.15. The van der Waals surface area contributed by atoms with Gasteiger partial charge in [0.1, 0.15) is 0 Å². The molecule has 54 valence electrons. The Kier molecular flexibility index (Phi) is 2.62. The van der Waals surface area contributed by atoms with Crippen LogP contribution in [0.3, 0.4) is 0 Å². The lowest BCUT2D eigenvalue weighted by atomic mass is 10.6. The first kappa shape index (κ1) is 7.64. The van der Waals surface area contributed by atoms with E-state index in [9.17, 15) is 4.57 Å². The monoisotopic (exact) mass is 166 g/mol. The molecule has 0 aromatic heterocycles. The molecule has 0 aliphatic carbocycles. The first-order chi connectivity index (χ1) is 4.27. The molecule has 1 rings (SSSR count). The van der Waals surface area contributed by atoms with Gasteiger partial charge in [0.2, 0.25) is 0 Å². The summed E-state index contributed by atoms with van der Waals surface area (Å²) >= 11 is 1.50. The van der Waals surface area contributed by atoms with Crippen LogP contribution in [0, 0.1) is 0 Å². The molecule has 2 nitrogen and oxygen atoms in total. The molecule has 0 saturated carbocycles. The Balaban J connectivity index is 2.42. The fourth-order valence-electron chi connectivity index (χ4n) is 0.825. The van der Waals surface area contributed by atoms with Gasteiger partial charge in [0.05, 0.1) is 6.61 Å². The van der Waals surface area contributed by atoms with Crippen LogP contribution in [-0.4, -0.2) is 18.5 Å². The molecule has 4 heteroatoms. The minimum Gasteiger partial charge on any atom is -0.321 e. The van der Waals surface area contributed by atoms with E-state index in [4.69, 9.17) is 4.52 Å². The van der Waals surface area contributed by atoms with Crippen LogP contribution in [0.25, 0.3) is 0 Å². The summed E-state index contributed by atoms with van der Waals surface area (Å²) in [6, 6.07) is 0. The van der Waals surface area contributed by atoms with Crippen molar-refractivity contribution in [2.24, 2.45) is 0 Å². The maximum absolute atomic E-state index is 11.4. The summed E-state index contributed by atoms with van der Waals surface area (Å²) in [7, 11) is 0. The molecule has 0 aromatic rings. The van der Waals surface area contributed by atoms with Gasteiger partial charge >= 0.3 is 0 Å². The summed E-state index contributed by atoms with van der Waals surface area (Å²) in [6.45, 7) is 0.322. The number of rotatable bonds is 2. The average molecular weight is 166 g/mol. The van der Waals surface area contributed by atoms with Crippen LogP contribution in [0.2, 0.25) is 0 Å². The summed E-state index contributed by atoms with van der Waals surface area (Å²) in [5, 5.41) is 0. The molecular formula is C5H11O2PS. The molecule has 1 unspecified atom stereocenters. The Bertz CT molecular complexity index is 127. The summed E-state index contributed by atoms with van der Waals surface area (Å²) in [4.78, 5) is 0. The van der Waals surface area contributed by atoms with Gasteiger partial charge in [-0.05, 0) is 13.3 Å². The number of hydrogen-bond acceptors (Lipinski definition) is 3. The van der Waals surface area contributed by atoms with Crippen LogP contribution >= 0.6 is 18.0 Å². The maximum atomic E-state index is 11.4. The highest BCUT2D eigenvalue weighted by Gasteiger charge is 2.27. The van der Waals surface area contributed by atoms with E-state index >= 15 is 0 Å². The van der Waals surface area contributed by atoms with Crippen LogP contribution in [0.5, 0.6) is 0 Å². The van der Waals surface area contributed by atoms with Crippen molar-refractivity contribution in [2.45, 2.75) is 13.3 Å². The highest BCUT2D eigenvalue weighted by Crippen LogP contribution is 2.64. The molecule has 0 spiro atoms. The first-order valence-corrected chi connectivity index (χ1v) is 6.55. The van der Waals surface area contributed by atoms with Gasteiger partial charge < -0.3 is 4.52 Å². The van der Waals surface area contributed by atoms with E-state index < -0.39 is 6.57 Å². The molecule has 1 heterocycles. The molecule has 1 atom stereocenters. The number of hydrogen-bond donors (Lipinski definition) is 0. The standard InChI is InChI=1S/C5H11O2PS/c1-2-7-8(6)4-3-5-9-8/h2-5H2,1H3. The van der Waals surface area contributed by atoms with Gasteiger partial charge in [-0.15, -0.1) is 0 Å². The van der Waals surface area contributed by atoms with E-state index in [0.29, 0.717) is 6.61 Å². The van der Waals surface area contributed by atoms with Crippen molar-refractivity contribution in [3.63, 3.8) is 0 Å². The van der Waals surface area contributed by atoms with Crippen LogP contribution in [0.15, 0.2) is 0 Å². The quantitative estimate of drug-likeness (QED) is 0.589. The van der Waals surface area contributed by atoms with Crippen molar-refractivity contribution in [1.29, 1.82) is 0 Å². The molecule has 9 heavy (non-hydrogen) atoms. The maximum Gasteiger partial charge on any atom is 0.257 e. The molecule has 1 aliphatic heterocycles. The van der Waals surface area contributed by atoms with Gasteiger partial charge in [0.15, 0.2) is 0 Å². The van der Waals surface area contributed by atoms with E-state index in [2.05, 4.69) is 0 Å². The Labute approximate surface area is 59.6 Å². The lowest BCUT2D eigenvalue weighted by molar-refractivity contribution is 0.347. The van der Waals surface area contributed by atoms with E-state index in [-0.39, 0.29) is 0 Å². The van der Waals surface area contributed by atoms with E-state index in [1.54, 1.807) is 0 Å². The highest BCUT2D eigenvalue weighted by atomic mass is 32.7. The van der Waals surface area contributed by atoms with E-state index in [0.717, 1.165) is 18.3 Å². The molecule has 0 N–H and O–H groups in total. The average Bonchev–Trinajstić information content (AvgIpc) is 2.16. The molecule has 0 amide bonds. The predicted molar refractivity (Wildman–Crippen MR) is 41.2 cm³/mol.